The predicted octanol–water partition coefficient (Wildman–Crippen LogP) is 7.60. The Balaban J connectivity index is 1.29. The molecule has 0 unspecified atom stereocenters. The van der Waals surface area contributed by atoms with Crippen molar-refractivity contribution in [3.63, 3.8) is 0 Å². The van der Waals surface area contributed by atoms with E-state index in [1.807, 2.05) is 30.3 Å². The number of rotatable bonds is 14. The highest BCUT2D eigenvalue weighted by molar-refractivity contribution is 6.11. The first-order valence-electron chi connectivity index (χ1n) is 15.7. The van der Waals surface area contributed by atoms with E-state index in [0.717, 1.165) is 5.56 Å². The van der Waals surface area contributed by atoms with Crippen LogP contribution in [-0.4, -0.2) is 38.9 Å². The summed E-state index contributed by atoms with van der Waals surface area (Å²) in [5, 5.41) is 5.55. The van der Waals surface area contributed by atoms with Crippen LogP contribution in [0.5, 0.6) is 23.0 Å². The number of carbonyl (C=O) groups excluding carboxylic acids is 3. The third kappa shape index (κ3) is 9.26. The molecule has 0 aromatic heterocycles. The molecule has 0 aliphatic heterocycles. The molecular formula is C41H36N2O7. The highest BCUT2D eigenvalue weighted by Crippen LogP contribution is 2.35. The summed E-state index contributed by atoms with van der Waals surface area (Å²) in [6.07, 6.45) is 4.64. The van der Waals surface area contributed by atoms with E-state index in [1.165, 1.54) is 27.4 Å². The van der Waals surface area contributed by atoms with Gasteiger partial charge in [-0.15, -0.1) is 0 Å². The summed E-state index contributed by atoms with van der Waals surface area (Å²) in [6, 6.07) is 35.5. The molecule has 0 bridgehead atoms. The Labute approximate surface area is 290 Å². The van der Waals surface area contributed by atoms with Crippen LogP contribution in [-0.2, 0) is 11.4 Å². The molecular weight excluding hydrogens is 632 g/mol. The lowest BCUT2D eigenvalue weighted by molar-refractivity contribution is -0.113. The zero-order valence-corrected chi connectivity index (χ0v) is 27.8. The van der Waals surface area contributed by atoms with Gasteiger partial charge in [0.2, 0.25) is 0 Å². The molecule has 5 rings (SSSR count). The summed E-state index contributed by atoms with van der Waals surface area (Å²) in [7, 11) is 4.59. The number of ether oxygens (including phenoxy) is 4. The number of hydrogen-bond donors (Lipinski definition) is 2. The maximum atomic E-state index is 13.5. The van der Waals surface area contributed by atoms with Crippen LogP contribution in [0.15, 0.2) is 133 Å². The Bertz CT molecular complexity index is 1990. The van der Waals surface area contributed by atoms with E-state index in [4.69, 9.17) is 18.9 Å². The van der Waals surface area contributed by atoms with Crippen molar-refractivity contribution in [3.8, 4) is 23.0 Å². The molecule has 5 aromatic carbocycles. The minimum atomic E-state index is -0.543. The van der Waals surface area contributed by atoms with Gasteiger partial charge in [-0.1, -0.05) is 60.7 Å². The van der Waals surface area contributed by atoms with Crippen molar-refractivity contribution in [1.82, 2.24) is 5.32 Å². The van der Waals surface area contributed by atoms with Crippen LogP contribution in [0.25, 0.3) is 12.2 Å². The van der Waals surface area contributed by atoms with E-state index in [-0.39, 0.29) is 11.5 Å². The molecule has 0 saturated heterocycles. The highest BCUT2D eigenvalue weighted by Gasteiger charge is 2.16. The molecule has 0 spiro atoms. The van der Waals surface area contributed by atoms with Gasteiger partial charge < -0.3 is 29.6 Å². The molecule has 0 aliphatic rings. The summed E-state index contributed by atoms with van der Waals surface area (Å²) in [4.78, 5) is 39.6. The lowest BCUT2D eigenvalue weighted by Crippen LogP contribution is -2.30. The molecule has 0 atom stereocenters. The Morgan fingerprint density at radius 3 is 1.92 bits per heavy atom. The van der Waals surface area contributed by atoms with Gasteiger partial charge in [0.15, 0.2) is 17.3 Å². The average Bonchev–Trinajstić information content (AvgIpc) is 3.16. The van der Waals surface area contributed by atoms with E-state index in [0.29, 0.717) is 57.5 Å². The average molecular weight is 669 g/mol. The van der Waals surface area contributed by atoms with Gasteiger partial charge in [0.05, 0.1) is 21.3 Å². The van der Waals surface area contributed by atoms with E-state index in [1.54, 1.807) is 103 Å². The van der Waals surface area contributed by atoms with Crippen LogP contribution >= 0.6 is 0 Å². The fourth-order valence-corrected chi connectivity index (χ4v) is 4.87. The molecule has 2 N–H and O–H groups in total. The number of anilines is 1. The van der Waals surface area contributed by atoms with Crippen molar-refractivity contribution in [1.29, 1.82) is 0 Å². The number of benzene rings is 5. The molecule has 2 amide bonds. The summed E-state index contributed by atoms with van der Waals surface area (Å²) < 4.78 is 22.0. The number of carbonyl (C=O) groups is 3. The molecule has 9 nitrogen and oxygen atoms in total. The summed E-state index contributed by atoms with van der Waals surface area (Å²) >= 11 is 0. The van der Waals surface area contributed by atoms with Gasteiger partial charge in [-0.3, -0.25) is 14.4 Å². The van der Waals surface area contributed by atoms with E-state index in [2.05, 4.69) is 10.6 Å². The lowest BCUT2D eigenvalue weighted by Gasteiger charge is -2.12. The molecule has 5 aromatic rings. The molecule has 0 radical (unpaired) electrons. The zero-order valence-electron chi connectivity index (χ0n) is 27.8. The second-order valence-corrected chi connectivity index (χ2v) is 10.9. The molecule has 252 valence electrons. The third-order valence-electron chi connectivity index (χ3n) is 7.55. The van der Waals surface area contributed by atoms with Gasteiger partial charge in [0.25, 0.3) is 11.8 Å². The first-order chi connectivity index (χ1) is 24.4. The molecule has 0 fully saturated rings. The number of methoxy groups -OCH3 is 3. The number of hydrogen-bond acceptors (Lipinski definition) is 7. The molecule has 50 heavy (non-hydrogen) atoms. The third-order valence-corrected chi connectivity index (χ3v) is 7.55. The van der Waals surface area contributed by atoms with Crippen LogP contribution < -0.4 is 29.6 Å². The summed E-state index contributed by atoms with van der Waals surface area (Å²) in [5.74, 6) is 0.945. The van der Waals surface area contributed by atoms with Crippen molar-refractivity contribution < 1.29 is 33.3 Å². The predicted molar refractivity (Wildman–Crippen MR) is 194 cm³/mol. The Morgan fingerprint density at radius 2 is 1.28 bits per heavy atom. The first kappa shape index (κ1) is 34.7. The number of nitrogens with one attached hydrogen (secondary N) is 2. The molecule has 0 saturated carbocycles. The van der Waals surface area contributed by atoms with Gasteiger partial charge >= 0.3 is 0 Å². The Morgan fingerprint density at radius 1 is 0.660 bits per heavy atom. The molecule has 0 heterocycles. The Hall–Kier alpha value is -6.61. The lowest BCUT2D eigenvalue weighted by atomic mass is 10.1. The van der Waals surface area contributed by atoms with Gasteiger partial charge in [0, 0.05) is 28.4 Å². The normalized spacial score (nSPS) is 11.1. The standard InChI is InChI=1S/C41H36N2O7/c1-47-37-26-39(49-3)38(48-2)25-32(37)18-23-36(44)30-16-19-33(20-17-30)42-41(46)35(43-40(45)31-12-8-5-9-13-31)24-28-14-21-34(22-15-28)50-27-29-10-6-4-7-11-29/h4-26H,27H2,1-3H3,(H,42,46)(H,43,45)/b23-18+,35-24-. The number of amides is 2. The van der Waals surface area contributed by atoms with Crippen molar-refractivity contribution in [2.24, 2.45) is 0 Å². The molecule has 0 aliphatic carbocycles. The van der Waals surface area contributed by atoms with E-state index >= 15 is 0 Å². The summed E-state index contributed by atoms with van der Waals surface area (Å²) in [6.45, 7) is 0.421. The highest BCUT2D eigenvalue weighted by atomic mass is 16.5. The van der Waals surface area contributed by atoms with Crippen LogP contribution in [0, 0.1) is 0 Å². The second kappa shape index (κ2) is 17.0. The maximum absolute atomic E-state index is 13.5. The van der Waals surface area contributed by atoms with Gasteiger partial charge in [-0.25, -0.2) is 0 Å². The fraction of sp³-hybridized carbons (Fsp3) is 0.0976. The summed E-state index contributed by atoms with van der Waals surface area (Å²) in [5.41, 5.74) is 3.62. The van der Waals surface area contributed by atoms with Crippen LogP contribution in [0.4, 0.5) is 5.69 Å². The van der Waals surface area contributed by atoms with Crippen LogP contribution in [0.2, 0.25) is 0 Å². The van der Waals surface area contributed by atoms with E-state index in [9.17, 15) is 14.4 Å². The Kier molecular flexibility index (Phi) is 11.8. The van der Waals surface area contributed by atoms with Gasteiger partial charge in [-0.05, 0) is 84.0 Å². The first-order valence-corrected chi connectivity index (χ1v) is 15.7. The van der Waals surface area contributed by atoms with Crippen molar-refractivity contribution in [3.05, 3.63) is 161 Å². The minimum Gasteiger partial charge on any atom is -0.496 e. The smallest absolute Gasteiger partial charge is 0.272 e. The van der Waals surface area contributed by atoms with Crippen LogP contribution in [0.3, 0.4) is 0 Å². The SMILES string of the molecule is COc1cc(OC)c(OC)cc1/C=C/C(=O)c1ccc(NC(=O)/C(=C/c2ccc(OCc3ccccc3)cc2)NC(=O)c2ccccc2)cc1. The van der Waals surface area contributed by atoms with Gasteiger partial charge in [0.1, 0.15) is 23.8 Å². The van der Waals surface area contributed by atoms with Crippen molar-refractivity contribution in [2.75, 3.05) is 26.6 Å². The monoisotopic (exact) mass is 668 g/mol. The minimum absolute atomic E-state index is 0.0313. The maximum Gasteiger partial charge on any atom is 0.272 e. The number of ketones is 1. The van der Waals surface area contributed by atoms with Crippen molar-refractivity contribution >= 4 is 35.4 Å². The number of allylic oxidation sites excluding steroid dienone is 1. The second-order valence-electron chi connectivity index (χ2n) is 10.9. The molecule has 9 heteroatoms. The topological polar surface area (TPSA) is 112 Å². The van der Waals surface area contributed by atoms with E-state index < -0.39 is 11.8 Å². The van der Waals surface area contributed by atoms with Gasteiger partial charge in [-0.2, -0.15) is 0 Å². The fourth-order valence-electron chi connectivity index (χ4n) is 4.87. The largest absolute Gasteiger partial charge is 0.496 e. The quantitative estimate of drug-likeness (QED) is 0.0926. The van der Waals surface area contributed by atoms with Crippen LogP contribution in [0.1, 0.15) is 37.4 Å². The zero-order chi connectivity index (χ0) is 35.3. The van der Waals surface area contributed by atoms with Crippen molar-refractivity contribution in [2.45, 2.75) is 6.61 Å².